The lowest BCUT2D eigenvalue weighted by Crippen LogP contribution is -2.30. The Bertz CT molecular complexity index is 554. The molecule has 0 radical (unpaired) electrons. The Morgan fingerprint density at radius 1 is 1.05 bits per heavy atom. The van der Waals surface area contributed by atoms with Gasteiger partial charge in [-0.05, 0) is 40.5 Å². The molecule has 0 aliphatic rings. The summed E-state index contributed by atoms with van der Waals surface area (Å²) < 4.78 is 0.839. The minimum Gasteiger partial charge on any atom is -0.335 e. The van der Waals surface area contributed by atoms with Crippen LogP contribution in [0.15, 0.2) is 59.1 Å². The van der Waals surface area contributed by atoms with E-state index < -0.39 is 0 Å². The molecule has 3 heteroatoms. The maximum absolute atomic E-state index is 12.5. The standard InChI is InChI=1S/C16H16BrNO/c1-2-18(12-13-8-4-3-5-9-13)16(19)14-10-6-7-11-15(14)17/h3-11H,2,12H2,1H3. The number of amides is 1. The van der Waals surface area contributed by atoms with Gasteiger partial charge in [-0.3, -0.25) is 4.79 Å². The summed E-state index contributed by atoms with van der Waals surface area (Å²) in [6.45, 7) is 3.32. The van der Waals surface area contributed by atoms with E-state index in [1.165, 1.54) is 0 Å². The highest BCUT2D eigenvalue weighted by molar-refractivity contribution is 9.10. The van der Waals surface area contributed by atoms with Crippen molar-refractivity contribution in [1.82, 2.24) is 4.90 Å². The van der Waals surface area contributed by atoms with Gasteiger partial charge in [-0.25, -0.2) is 0 Å². The van der Waals surface area contributed by atoms with E-state index in [9.17, 15) is 4.79 Å². The van der Waals surface area contributed by atoms with Crippen molar-refractivity contribution < 1.29 is 4.79 Å². The van der Waals surface area contributed by atoms with E-state index in [0.717, 1.165) is 10.0 Å². The highest BCUT2D eigenvalue weighted by Gasteiger charge is 2.16. The number of hydrogen-bond donors (Lipinski definition) is 0. The predicted molar refractivity (Wildman–Crippen MR) is 81.0 cm³/mol. The smallest absolute Gasteiger partial charge is 0.255 e. The summed E-state index contributed by atoms with van der Waals surface area (Å²) >= 11 is 3.43. The van der Waals surface area contributed by atoms with Crippen molar-refractivity contribution in [3.05, 3.63) is 70.2 Å². The molecule has 0 heterocycles. The molecule has 0 spiro atoms. The lowest BCUT2D eigenvalue weighted by molar-refractivity contribution is 0.0751. The van der Waals surface area contributed by atoms with Crippen LogP contribution in [0.1, 0.15) is 22.8 Å². The zero-order valence-corrected chi connectivity index (χ0v) is 12.4. The van der Waals surface area contributed by atoms with Crippen molar-refractivity contribution in [1.29, 1.82) is 0 Å². The van der Waals surface area contributed by atoms with Gasteiger partial charge in [-0.1, -0.05) is 42.5 Å². The van der Waals surface area contributed by atoms with Gasteiger partial charge in [0, 0.05) is 17.6 Å². The van der Waals surface area contributed by atoms with Crippen LogP contribution in [0.25, 0.3) is 0 Å². The van der Waals surface area contributed by atoms with Gasteiger partial charge in [0.15, 0.2) is 0 Å². The van der Waals surface area contributed by atoms with Crippen LogP contribution in [0.3, 0.4) is 0 Å². The molecule has 2 aromatic rings. The first-order valence-electron chi connectivity index (χ1n) is 6.30. The van der Waals surface area contributed by atoms with Gasteiger partial charge in [0.1, 0.15) is 0 Å². The van der Waals surface area contributed by atoms with E-state index in [4.69, 9.17) is 0 Å². The van der Waals surface area contributed by atoms with Crippen LogP contribution in [-0.4, -0.2) is 17.4 Å². The summed E-state index contributed by atoms with van der Waals surface area (Å²) in [6, 6.07) is 17.6. The van der Waals surface area contributed by atoms with Crippen LogP contribution in [-0.2, 0) is 6.54 Å². The number of halogens is 1. The summed E-state index contributed by atoms with van der Waals surface area (Å²) in [4.78, 5) is 14.3. The number of nitrogens with zero attached hydrogens (tertiary/aromatic N) is 1. The van der Waals surface area contributed by atoms with Gasteiger partial charge in [0.05, 0.1) is 5.56 Å². The minimum absolute atomic E-state index is 0.0545. The number of benzene rings is 2. The van der Waals surface area contributed by atoms with E-state index in [1.54, 1.807) is 0 Å². The molecule has 0 bridgehead atoms. The molecule has 0 aromatic heterocycles. The van der Waals surface area contributed by atoms with Crippen molar-refractivity contribution in [3.63, 3.8) is 0 Å². The molecule has 0 aliphatic heterocycles. The molecule has 19 heavy (non-hydrogen) atoms. The van der Waals surface area contributed by atoms with Crippen LogP contribution in [0.4, 0.5) is 0 Å². The lowest BCUT2D eigenvalue weighted by Gasteiger charge is -2.21. The van der Waals surface area contributed by atoms with Crippen molar-refractivity contribution in [2.24, 2.45) is 0 Å². The Balaban J connectivity index is 2.18. The number of hydrogen-bond acceptors (Lipinski definition) is 1. The zero-order valence-electron chi connectivity index (χ0n) is 10.8. The second-order valence-electron chi connectivity index (χ2n) is 4.28. The summed E-state index contributed by atoms with van der Waals surface area (Å²) in [5.41, 5.74) is 1.85. The largest absolute Gasteiger partial charge is 0.335 e. The fourth-order valence-corrected chi connectivity index (χ4v) is 2.39. The van der Waals surface area contributed by atoms with Crippen LogP contribution in [0.2, 0.25) is 0 Å². The number of carbonyl (C=O) groups is 1. The van der Waals surface area contributed by atoms with E-state index in [-0.39, 0.29) is 5.91 Å². The summed E-state index contributed by atoms with van der Waals surface area (Å²) in [6.07, 6.45) is 0. The summed E-state index contributed by atoms with van der Waals surface area (Å²) in [5, 5.41) is 0. The first-order chi connectivity index (χ1) is 9.22. The van der Waals surface area contributed by atoms with E-state index in [1.807, 2.05) is 66.4 Å². The second kappa shape index (κ2) is 6.53. The van der Waals surface area contributed by atoms with Gasteiger partial charge < -0.3 is 4.90 Å². The molecule has 0 saturated heterocycles. The van der Waals surface area contributed by atoms with Crippen molar-refractivity contribution >= 4 is 21.8 Å². The van der Waals surface area contributed by atoms with Gasteiger partial charge >= 0.3 is 0 Å². The Labute approximate surface area is 122 Å². The first kappa shape index (κ1) is 13.8. The fraction of sp³-hybridized carbons (Fsp3) is 0.188. The second-order valence-corrected chi connectivity index (χ2v) is 5.14. The third-order valence-corrected chi connectivity index (χ3v) is 3.68. The first-order valence-corrected chi connectivity index (χ1v) is 7.09. The molecule has 2 rings (SSSR count). The molecule has 98 valence electrons. The van der Waals surface area contributed by atoms with Gasteiger partial charge in [0.25, 0.3) is 5.91 Å². The zero-order chi connectivity index (χ0) is 13.7. The molecule has 0 atom stereocenters. The average Bonchev–Trinajstić information content (AvgIpc) is 2.46. The van der Waals surface area contributed by atoms with Crippen molar-refractivity contribution in [2.75, 3.05) is 6.54 Å². The molecule has 1 amide bonds. The molecule has 0 saturated carbocycles. The normalized spacial score (nSPS) is 10.2. The number of carbonyl (C=O) groups excluding carboxylic acids is 1. The molecule has 0 fully saturated rings. The van der Waals surface area contributed by atoms with Crippen LogP contribution in [0, 0.1) is 0 Å². The molecule has 0 aliphatic carbocycles. The third-order valence-electron chi connectivity index (χ3n) is 2.99. The van der Waals surface area contributed by atoms with Crippen LogP contribution in [0.5, 0.6) is 0 Å². The van der Waals surface area contributed by atoms with Crippen molar-refractivity contribution in [3.8, 4) is 0 Å². The molecule has 2 nitrogen and oxygen atoms in total. The Morgan fingerprint density at radius 3 is 2.32 bits per heavy atom. The fourth-order valence-electron chi connectivity index (χ4n) is 1.94. The Morgan fingerprint density at radius 2 is 1.68 bits per heavy atom. The maximum Gasteiger partial charge on any atom is 0.255 e. The van der Waals surface area contributed by atoms with E-state index in [0.29, 0.717) is 18.7 Å². The molecule has 0 N–H and O–H groups in total. The van der Waals surface area contributed by atoms with Crippen molar-refractivity contribution in [2.45, 2.75) is 13.5 Å². The third kappa shape index (κ3) is 3.44. The SMILES string of the molecule is CCN(Cc1ccccc1)C(=O)c1ccccc1Br. The van der Waals surface area contributed by atoms with Gasteiger partial charge in [-0.15, -0.1) is 0 Å². The highest BCUT2D eigenvalue weighted by Crippen LogP contribution is 2.19. The topological polar surface area (TPSA) is 20.3 Å². The average molecular weight is 318 g/mol. The Hall–Kier alpha value is -1.61. The quantitative estimate of drug-likeness (QED) is 0.831. The maximum atomic E-state index is 12.5. The van der Waals surface area contributed by atoms with Gasteiger partial charge in [0.2, 0.25) is 0 Å². The summed E-state index contributed by atoms with van der Waals surface area (Å²) in [7, 11) is 0. The number of rotatable bonds is 4. The van der Waals surface area contributed by atoms with Gasteiger partial charge in [-0.2, -0.15) is 0 Å². The van der Waals surface area contributed by atoms with Crippen LogP contribution < -0.4 is 0 Å². The van der Waals surface area contributed by atoms with E-state index in [2.05, 4.69) is 15.9 Å². The molecule has 2 aromatic carbocycles. The Kier molecular flexibility index (Phi) is 4.74. The summed E-state index contributed by atoms with van der Waals surface area (Å²) in [5.74, 6) is 0.0545. The predicted octanol–water partition coefficient (Wildman–Crippen LogP) is 4.11. The molecule has 0 unspecified atom stereocenters. The minimum atomic E-state index is 0.0545. The van der Waals surface area contributed by atoms with E-state index >= 15 is 0 Å². The van der Waals surface area contributed by atoms with Crippen LogP contribution >= 0.6 is 15.9 Å². The molecular weight excluding hydrogens is 302 g/mol. The lowest BCUT2D eigenvalue weighted by atomic mass is 10.1. The highest BCUT2D eigenvalue weighted by atomic mass is 79.9. The molecular formula is C16H16BrNO. The monoisotopic (exact) mass is 317 g/mol.